The van der Waals surface area contributed by atoms with Gasteiger partial charge >= 0.3 is 11.9 Å². The zero-order chi connectivity index (χ0) is 21.7. The van der Waals surface area contributed by atoms with Gasteiger partial charge in [-0.1, -0.05) is 15.9 Å². The second kappa shape index (κ2) is 10.5. The third kappa shape index (κ3) is 5.74. The minimum absolute atomic E-state index is 0.0362. The van der Waals surface area contributed by atoms with E-state index in [0.717, 1.165) is 11.3 Å². The number of nitrogens with one attached hydrogen (secondary N) is 2. The Balaban J connectivity index is 2.35. The quantitative estimate of drug-likeness (QED) is 0.333. The van der Waals surface area contributed by atoms with Crippen molar-refractivity contribution in [2.75, 3.05) is 23.8 Å². The fraction of sp³-hybridized carbons (Fsp3) is 0.278. The molecule has 1 heterocycles. The molecule has 0 saturated heterocycles. The normalized spacial score (nSPS) is 10.4. The Labute approximate surface area is 193 Å². The molecule has 11 heteroatoms. The van der Waals surface area contributed by atoms with Crippen LogP contribution in [0.3, 0.4) is 0 Å². The van der Waals surface area contributed by atoms with Crippen LogP contribution >= 0.6 is 55.4 Å². The summed E-state index contributed by atoms with van der Waals surface area (Å²) in [6.45, 7) is 5.36. The molecule has 0 radical (unpaired) electrons. The summed E-state index contributed by atoms with van der Waals surface area (Å²) in [5, 5.41) is 5.95. The maximum absolute atomic E-state index is 14.2. The first kappa shape index (κ1) is 23.7. The minimum Gasteiger partial charge on any atom is -0.462 e. The first-order chi connectivity index (χ1) is 13.7. The van der Waals surface area contributed by atoms with Crippen LogP contribution in [0.25, 0.3) is 0 Å². The summed E-state index contributed by atoms with van der Waals surface area (Å²) >= 11 is 12.8. The molecule has 0 aliphatic heterocycles. The Morgan fingerprint density at radius 2 is 1.76 bits per heavy atom. The van der Waals surface area contributed by atoms with Crippen LogP contribution in [0.5, 0.6) is 0 Å². The van der Waals surface area contributed by atoms with Crippen molar-refractivity contribution < 1.29 is 23.5 Å². The zero-order valence-electron chi connectivity index (χ0n) is 15.7. The second-order valence-electron chi connectivity index (χ2n) is 5.52. The summed E-state index contributed by atoms with van der Waals surface area (Å²) in [5.41, 5.74) is 0.731. The van der Waals surface area contributed by atoms with Gasteiger partial charge in [0.25, 0.3) is 0 Å². The van der Waals surface area contributed by atoms with Crippen molar-refractivity contribution >= 4 is 83.2 Å². The van der Waals surface area contributed by atoms with Crippen LogP contribution in [-0.2, 0) is 9.47 Å². The molecule has 0 spiro atoms. The number of rotatable bonds is 6. The lowest BCUT2D eigenvalue weighted by Crippen LogP contribution is -2.21. The summed E-state index contributed by atoms with van der Waals surface area (Å²) in [6, 6.07) is 2.94. The molecular weight excluding hydrogens is 551 g/mol. The highest BCUT2D eigenvalue weighted by molar-refractivity contribution is 9.11. The molecule has 0 aliphatic carbocycles. The molecule has 0 amide bonds. The largest absolute Gasteiger partial charge is 0.462 e. The number of thiocarbonyl (C=S) groups is 1. The molecule has 2 aromatic rings. The lowest BCUT2D eigenvalue weighted by atomic mass is 10.1. The maximum atomic E-state index is 14.2. The zero-order valence-corrected chi connectivity index (χ0v) is 20.5. The number of benzene rings is 1. The van der Waals surface area contributed by atoms with E-state index in [2.05, 4.69) is 42.5 Å². The van der Waals surface area contributed by atoms with Crippen LogP contribution in [0, 0.1) is 12.7 Å². The van der Waals surface area contributed by atoms with Crippen molar-refractivity contribution in [2.24, 2.45) is 0 Å². The van der Waals surface area contributed by atoms with Crippen molar-refractivity contribution in [2.45, 2.75) is 20.8 Å². The average Bonchev–Trinajstić information content (AvgIpc) is 2.94. The highest BCUT2D eigenvalue weighted by atomic mass is 79.9. The van der Waals surface area contributed by atoms with Gasteiger partial charge < -0.3 is 20.1 Å². The molecule has 2 rings (SSSR count). The fourth-order valence-corrected chi connectivity index (χ4v) is 4.99. The van der Waals surface area contributed by atoms with E-state index in [4.69, 9.17) is 21.7 Å². The molecule has 0 aliphatic rings. The number of anilines is 2. The Bertz CT molecular complexity index is 943. The molecule has 156 valence electrons. The lowest BCUT2D eigenvalue weighted by molar-refractivity contribution is 0.0527. The van der Waals surface area contributed by atoms with Gasteiger partial charge in [-0.3, -0.25) is 0 Å². The number of ether oxygens (including phenoxy) is 2. The summed E-state index contributed by atoms with van der Waals surface area (Å²) < 4.78 is 25.4. The van der Waals surface area contributed by atoms with E-state index < -0.39 is 17.8 Å². The first-order valence-electron chi connectivity index (χ1n) is 8.39. The third-order valence-electron chi connectivity index (χ3n) is 3.56. The SMILES string of the molecule is CCOC(=O)c1sc(NC(=S)Nc2c(F)cc(Br)cc2Br)c(C(=O)OCC)c1C. The van der Waals surface area contributed by atoms with E-state index in [0.29, 0.717) is 19.5 Å². The molecule has 0 bridgehead atoms. The molecular formula is C18H17Br2FN2O4S2. The van der Waals surface area contributed by atoms with Crippen LogP contribution in [-0.4, -0.2) is 30.3 Å². The summed E-state index contributed by atoms with van der Waals surface area (Å²) in [6.07, 6.45) is 0. The smallest absolute Gasteiger partial charge is 0.348 e. The fourth-order valence-electron chi connectivity index (χ4n) is 2.35. The van der Waals surface area contributed by atoms with Gasteiger partial charge in [0.15, 0.2) is 5.11 Å². The summed E-state index contributed by atoms with van der Waals surface area (Å²) in [5.74, 6) is -1.68. The van der Waals surface area contributed by atoms with Crippen molar-refractivity contribution in [3.8, 4) is 0 Å². The number of halogens is 3. The van der Waals surface area contributed by atoms with E-state index in [-0.39, 0.29) is 34.5 Å². The van der Waals surface area contributed by atoms with Crippen LogP contribution in [0.1, 0.15) is 39.4 Å². The Hall–Kier alpha value is -1.56. The number of carbonyl (C=O) groups excluding carboxylic acids is 2. The minimum atomic E-state index is -0.599. The van der Waals surface area contributed by atoms with Gasteiger partial charge in [0.1, 0.15) is 15.7 Å². The molecule has 1 aromatic heterocycles. The topological polar surface area (TPSA) is 76.7 Å². The molecule has 29 heavy (non-hydrogen) atoms. The maximum Gasteiger partial charge on any atom is 0.348 e. The van der Waals surface area contributed by atoms with Gasteiger partial charge in [0.05, 0.1) is 24.5 Å². The Morgan fingerprint density at radius 1 is 1.14 bits per heavy atom. The van der Waals surface area contributed by atoms with Gasteiger partial charge in [-0.25, -0.2) is 14.0 Å². The molecule has 0 unspecified atom stereocenters. The van der Waals surface area contributed by atoms with Gasteiger partial charge in [0.2, 0.25) is 0 Å². The monoisotopic (exact) mass is 566 g/mol. The molecule has 2 N–H and O–H groups in total. The third-order valence-corrected chi connectivity index (χ3v) is 6.03. The van der Waals surface area contributed by atoms with Gasteiger partial charge in [-0.2, -0.15) is 0 Å². The highest BCUT2D eigenvalue weighted by Crippen LogP contribution is 2.35. The molecule has 6 nitrogen and oxygen atoms in total. The number of thiophene rings is 1. The van der Waals surface area contributed by atoms with Gasteiger partial charge in [0, 0.05) is 8.95 Å². The van der Waals surface area contributed by atoms with E-state index >= 15 is 0 Å². The van der Waals surface area contributed by atoms with E-state index in [1.807, 2.05) is 0 Å². The van der Waals surface area contributed by atoms with Crippen LogP contribution in [0.15, 0.2) is 21.1 Å². The predicted molar refractivity (Wildman–Crippen MR) is 123 cm³/mol. The first-order valence-corrected chi connectivity index (χ1v) is 11.2. The summed E-state index contributed by atoms with van der Waals surface area (Å²) in [4.78, 5) is 24.9. The average molecular weight is 568 g/mol. The second-order valence-corrected chi connectivity index (χ2v) is 8.72. The number of hydrogen-bond acceptors (Lipinski definition) is 6. The predicted octanol–water partition coefficient (Wildman–Crippen LogP) is 5.88. The highest BCUT2D eigenvalue weighted by Gasteiger charge is 2.27. The van der Waals surface area contributed by atoms with Crippen LogP contribution < -0.4 is 10.6 Å². The van der Waals surface area contributed by atoms with Crippen molar-refractivity contribution in [3.05, 3.63) is 42.9 Å². The van der Waals surface area contributed by atoms with E-state index in [1.165, 1.54) is 6.07 Å². The Morgan fingerprint density at radius 3 is 2.34 bits per heavy atom. The lowest BCUT2D eigenvalue weighted by Gasteiger charge is -2.13. The summed E-state index contributed by atoms with van der Waals surface area (Å²) in [7, 11) is 0. The van der Waals surface area contributed by atoms with Crippen molar-refractivity contribution in [1.29, 1.82) is 0 Å². The standard InChI is InChI=1S/C18H17Br2FN2O4S2/c1-4-26-16(24)12-8(3)14(17(25)27-5-2)29-15(12)23-18(28)22-13-10(20)6-9(19)7-11(13)21/h6-7H,4-5H2,1-3H3,(H2,22,23,28). The number of carbonyl (C=O) groups is 2. The van der Waals surface area contributed by atoms with E-state index in [1.54, 1.807) is 26.8 Å². The Kier molecular flexibility index (Phi) is 8.56. The number of hydrogen-bond donors (Lipinski definition) is 2. The van der Waals surface area contributed by atoms with Crippen LogP contribution in [0.4, 0.5) is 15.1 Å². The molecule has 0 fully saturated rings. The molecule has 0 atom stereocenters. The van der Waals surface area contributed by atoms with Crippen LogP contribution in [0.2, 0.25) is 0 Å². The molecule has 1 aromatic carbocycles. The van der Waals surface area contributed by atoms with Crippen molar-refractivity contribution in [3.63, 3.8) is 0 Å². The van der Waals surface area contributed by atoms with Gasteiger partial charge in [-0.05, 0) is 66.6 Å². The number of esters is 2. The van der Waals surface area contributed by atoms with Gasteiger partial charge in [-0.15, -0.1) is 11.3 Å². The van der Waals surface area contributed by atoms with E-state index in [9.17, 15) is 14.0 Å². The van der Waals surface area contributed by atoms with Crippen molar-refractivity contribution in [1.82, 2.24) is 0 Å². The molecule has 0 saturated carbocycles.